The summed E-state index contributed by atoms with van der Waals surface area (Å²) in [6, 6.07) is 0. The third-order valence-corrected chi connectivity index (χ3v) is 14.0. The van der Waals surface area contributed by atoms with E-state index in [9.17, 15) is 14.4 Å². The number of ether oxygens (including phenoxy) is 3. The fourth-order valence-corrected chi connectivity index (χ4v) is 9.40. The van der Waals surface area contributed by atoms with Crippen molar-refractivity contribution in [3.8, 4) is 0 Å². The first kappa shape index (κ1) is 65.4. The molecule has 0 spiro atoms. The molecule has 0 aliphatic carbocycles. The quantitative estimate of drug-likeness (QED) is 0.0343. The first-order valence-corrected chi connectivity index (χ1v) is 30.2. The number of hydrogen-bond acceptors (Lipinski definition) is 6. The number of hydrogen-bond donors (Lipinski definition) is 0. The van der Waals surface area contributed by atoms with Crippen molar-refractivity contribution in [2.24, 2.45) is 11.8 Å². The highest BCUT2D eigenvalue weighted by molar-refractivity contribution is 5.71. The fraction of sp³-hybridized carbons (Fsp3) is 0.951. The van der Waals surface area contributed by atoms with Gasteiger partial charge in [-0.1, -0.05) is 304 Å². The second kappa shape index (κ2) is 53.8. The maximum Gasteiger partial charge on any atom is 0.306 e. The molecule has 0 aromatic rings. The molecule has 0 N–H and O–H groups in total. The van der Waals surface area contributed by atoms with Gasteiger partial charge >= 0.3 is 17.9 Å². The van der Waals surface area contributed by atoms with Crippen LogP contribution in [0.1, 0.15) is 343 Å². The molecule has 0 bridgehead atoms. The summed E-state index contributed by atoms with van der Waals surface area (Å²) in [6.07, 6.45) is 58.2. The summed E-state index contributed by atoms with van der Waals surface area (Å²) in [5.74, 6) is 0.823. The summed E-state index contributed by atoms with van der Waals surface area (Å²) < 4.78 is 16.9. The number of unbranched alkanes of at least 4 members (excludes halogenated alkanes) is 40. The molecule has 0 aromatic carbocycles. The van der Waals surface area contributed by atoms with Crippen LogP contribution in [0.15, 0.2) is 0 Å². The van der Waals surface area contributed by atoms with Gasteiger partial charge in [0.25, 0.3) is 0 Å². The molecule has 0 fully saturated rings. The van der Waals surface area contributed by atoms with Crippen LogP contribution in [-0.2, 0) is 28.6 Å². The molecule has 0 aromatic heterocycles. The summed E-state index contributed by atoms with van der Waals surface area (Å²) in [5.41, 5.74) is 0. The Morgan fingerprint density at radius 1 is 0.284 bits per heavy atom. The lowest BCUT2D eigenvalue weighted by Crippen LogP contribution is -2.30. The predicted molar refractivity (Wildman–Crippen MR) is 289 cm³/mol. The Morgan fingerprint density at radius 3 is 0.731 bits per heavy atom. The van der Waals surface area contributed by atoms with Crippen molar-refractivity contribution >= 4 is 17.9 Å². The highest BCUT2D eigenvalue weighted by Crippen LogP contribution is 2.18. The normalized spacial score (nSPS) is 12.0. The first-order valence-electron chi connectivity index (χ1n) is 30.2. The molecule has 0 amide bonds. The molecule has 0 aliphatic rings. The number of carbonyl (C=O) groups is 3. The minimum Gasteiger partial charge on any atom is -0.462 e. The van der Waals surface area contributed by atoms with Crippen molar-refractivity contribution in [1.29, 1.82) is 0 Å². The fourth-order valence-electron chi connectivity index (χ4n) is 9.40. The van der Waals surface area contributed by atoms with Crippen LogP contribution in [0.2, 0.25) is 0 Å². The topological polar surface area (TPSA) is 78.9 Å². The molecule has 0 radical (unpaired) electrons. The highest BCUT2D eigenvalue weighted by atomic mass is 16.6. The van der Waals surface area contributed by atoms with E-state index < -0.39 is 6.10 Å². The zero-order valence-electron chi connectivity index (χ0n) is 46.0. The van der Waals surface area contributed by atoms with Crippen LogP contribution in [0.5, 0.6) is 0 Å². The molecule has 0 aliphatic heterocycles. The zero-order valence-corrected chi connectivity index (χ0v) is 46.0. The van der Waals surface area contributed by atoms with Crippen molar-refractivity contribution in [2.75, 3.05) is 13.2 Å². The lowest BCUT2D eigenvalue weighted by molar-refractivity contribution is -0.167. The van der Waals surface area contributed by atoms with E-state index in [1.54, 1.807) is 0 Å². The highest BCUT2D eigenvalue weighted by Gasteiger charge is 2.19. The van der Waals surface area contributed by atoms with Crippen molar-refractivity contribution in [1.82, 2.24) is 0 Å². The van der Waals surface area contributed by atoms with Gasteiger partial charge in [0.05, 0.1) is 0 Å². The smallest absolute Gasteiger partial charge is 0.306 e. The third-order valence-electron chi connectivity index (χ3n) is 14.0. The Balaban J connectivity index is 4.26. The van der Waals surface area contributed by atoms with Crippen LogP contribution in [0.25, 0.3) is 0 Å². The van der Waals surface area contributed by atoms with Crippen LogP contribution in [0.3, 0.4) is 0 Å². The number of esters is 3. The Kier molecular flexibility index (Phi) is 52.5. The van der Waals surface area contributed by atoms with Gasteiger partial charge in [-0.2, -0.15) is 0 Å². The molecule has 1 atom stereocenters. The summed E-state index contributed by atoms with van der Waals surface area (Å²) in [6.45, 7) is 11.4. The minimum absolute atomic E-state index is 0.0626. The molecule has 0 saturated heterocycles. The lowest BCUT2D eigenvalue weighted by atomic mass is 10.0. The zero-order chi connectivity index (χ0) is 48.9. The minimum atomic E-state index is -0.763. The second-order valence-corrected chi connectivity index (χ2v) is 21.9. The maximum atomic E-state index is 12.9. The SMILES string of the molecule is CCCCCCCCCCCCCCCCCCCCC(=O)OC[C@@H](COC(=O)CCCCCCCCCCCC(C)C)OC(=O)CCCCCCCCCCCCCCCCCCC(C)C. The average Bonchev–Trinajstić information content (AvgIpc) is 3.30. The molecule has 0 rings (SSSR count). The van der Waals surface area contributed by atoms with Gasteiger partial charge in [0, 0.05) is 19.3 Å². The van der Waals surface area contributed by atoms with Crippen LogP contribution >= 0.6 is 0 Å². The lowest BCUT2D eigenvalue weighted by Gasteiger charge is -2.18. The summed E-state index contributed by atoms with van der Waals surface area (Å²) in [5, 5.41) is 0. The van der Waals surface area contributed by atoms with Gasteiger partial charge in [0.15, 0.2) is 6.10 Å². The van der Waals surface area contributed by atoms with Gasteiger partial charge in [-0.05, 0) is 31.1 Å². The van der Waals surface area contributed by atoms with E-state index in [0.717, 1.165) is 69.6 Å². The summed E-state index contributed by atoms with van der Waals surface area (Å²) in [7, 11) is 0. The molecule has 6 heteroatoms. The van der Waals surface area contributed by atoms with E-state index in [-0.39, 0.29) is 31.1 Å². The molecular weight excluding hydrogens is 829 g/mol. The molecular formula is C61H118O6. The number of rotatable bonds is 55. The summed E-state index contributed by atoms with van der Waals surface area (Å²) in [4.78, 5) is 38.2. The van der Waals surface area contributed by atoms with Crippen molar-refractivity contribution in [3.63, 3.8) is 0 Å². The van der Waals surface area contributed by atoms with E-state index >= 15 is 0 Å². The molecule has 6 nitrogen and oxygen atoms in total. The molecule has 398 valence electrons. The van der Waals surface area contributed by atoms with Crippen molar-refractivity contribution in [2.45, 2.75) is 349 Å². The van der Waals surface area contributed by atoms with Crippen LogP contribution in [0, 0.1) is 11.8 Å². The van der Waals surface area contributed by atoms with Crippen LogP contribution in [-0.4, -0.2) is 37.2 Å². The van der Waals surface area contributed by atoms with Crippen molar-refractivity contribution < 1.29 is 28.6 Å². The van der Waals surface area contributed by atoms with E-state index in [2.05, 4.69) is 34.6 Å². The molecule has 0 unspecified atom stereocenters. The van der Waals surface area contributed by atoms with Gasteiger partial charge in [-0.25, -0.2) is 0 Å². The predicted octanol–water partition coefficient (Wildman–Crippen LogP) is 20.0. The largest absolute Gasteiger partial charge is 0.462 e. The Labute approximate surface area is 418 Å². The van der Waals surface area contributed by atoms with E-state index in [4.69, 9.17) is 14.2 Å². The third kappa shape index (κ3) is 55.2. The average molecular weight is 948 g/mol. The van der Waals surface area contributed by atoms with Gasteiger partial charge in [-0.15, -0.1) is 0 Å². The molecule has 67 heavy (non-hydrogen) atoms. The standard InChI is InChI=1S/C61H118O6/c1-6-7-8-9-10-11-12-13-14-15-16-20-23-26-31-36-41-46-51-59(62)65-54-58(55-66-60(63)52-47-42-37-33-28-30-35-40-45-50-57(4)5)67-61(64)53-48-43-38-32-27-24-21-18-17-19-22-25-29-34-39-44-49-56(2)3/h56-58H,6-55H2,1-5H3/t58-/m0/s1. The van der Waals surface area contributed by atoms with E-state index in [1.807, 2.05) is 0 Å². The van der Waals surface area contributed by atoms with Crippen LogP contribution in [0.4, 0.5) is 0 Å². The Bertz CT molecular complexity index is 1020. The van der Waals surface area contributed by atoms with Crippen LogP contribution < -0.4 is 0 Å². The Hall–Kier alpha value is -1.59. The Morgan fingerprint density at radius 2 is 0.493 bits per heavy atom. The molecule has 0 heterocycles. The second-order valence-electron chi connectivity index (χ2n) is 21.9. The van der Waals surface area contributed by atoms with Gasteiger partial charge in [0.2, 0.25) is 0 Å². The van der Waals surface area contributed by atoms with E-state index in [1.165, 1.54) is 231 Å². The summed E-state index contributed by atoms with van der Waals surface area (Å²) >= 11 is 0. The monoisotopic (exact) mass is 947 g/mol. The van der Waals surface area contributed by atoms with E-state index in [0.29, 0.717) is 19.3 Å². The molecule has 0 saturated carbocycles. The number of carbonyl (C=O) groups excluding carboxylic acids is 3. The first-order chi connectivity index (χ1) is 32.7. The van der Waals surface area contributed by atoms with Gasteiger partial charge < -0.3 is 14.2 Å². The van der Waals surface area contributed by atoms with Gasteiger partial charge in [-0.3, -0.25) is 14.4 Å². The van der Waals surface area contributed by atoms with Gasteiger partial charge in [0.1, 0.15) is 13.2 Å². The maximum absolute atomic E-state index is 12.9. The van der Waals surface area contributed by atoms with Crippen molar-refractivity contribution in [3.05, 3.63) is 0 Å².